The van der Waals surface area contributed by atoms with Gasteiger partial charge in [-0.2, -0.15) is 0 Å². The third-order valence-electron chi connectivity index (χ3n) is 2.52. The smallest absolute Gasteiger partial charge is 0.139 e. The third-order valence-corrected chi connectivity index (χ3v) is 2.52. The molecule has 0 atom stereocenters. The van der Waals surface area contributed by atoms with Crippen molar-refractivity contribution in [2.24, 2.45) is 0 Å². The number of benzene rings is 1. The topological polar surface area (TPSA) is 38.9 Å². The van der Waals surface area contributed by atoms with Crippen LogP contribution in [-0.4, -0.2) is 4.98 Å². The highest BCUT2D eigenvalue weighted by Gasteiger charge is 2.10. The number of hydrogen-bond acceptors (Lipinski definition) is 2. The third kappa shape index (κ3) is 1.49. The van der Waals surface area contributed by atoms with Crippen LogP contribution < -0.4 is 5.73 Å². The van der Waals surface area contributed by atoms with E-state index in [-0.39, 0.29) is 5.56 Å². The molecule has 2 N–H and O–H groups in total. The van der Waals surface area contributed by atoms with Crippen molar-refractivity contribution < 1.29 is 4.39 Å². The maximum absolute atomic E-state index is 13.5. The molecule has 80 valence electrons. The van der Waals surface area contributed by atoms with E-state index in [0.29, 0.717) is 17.6 Å². The highest BCUT2D eigenvalue weighted by molar-refractivity contribution is 5.91. The average molecular weight is 214 g/mol. The zero-order valence-electron chi connectivity index (χ0n) is 8.92. The molecule has 0 bridgehead atoms. The minimum Gasteiger partial charge on any atom is -0.384 e. The second-order valence-corrected chi connectivity index (χ2v) is 3.51. The van der Waals surface area contributed by atoms with E-state index in [1.807, 2.05) is 6.92 Å². The fourth-order valence-electron chi connectivity index (χ4n) is 1.82. The Hall–Kier alpha value is -2.08. The summed E-state index contributed by atoms with van der Waals surface area (Å²) >= 11 is 0. The molecule has 0 aliphatic carbocycles. The number of nitrogen functional groups attached to an aromatic ring is 1. The second kappa shape index (κ2) is 3.82. The molecular formula is C13H11FN2. The number of aryl methyl sites for hydroxylation is 1. The fourth-order valence-corrected chi connectivity index (χ4v) is 1.82. The Balaban J connectivity index is 2.97. The lowest BCUT2D eigenvalue weighted by Gasteiger charge is -2.08. The number of terminal acetylenes is 1. The van der Waals surface area contributed by atoms with Crippen molar-refractivity contribution in [3.05, 3.63) is 35.3 Å². The van der Waals surface area contributed by atoms with Crippen molar-refractivity contribution in [2.45, 2.75) is 13.3 Å². The summed E-state index contributed by atoms with van der Waals surface area (Å²) in [6.45, 7) is 1.94. The van der Waals surface area contributed by atoms with Crippen LogP contribution in [-0.2, 0) is 6.42 Å². The highest BCUT2D eigenvalue weighted by Crippen LogP contribution is 2.25. The van der Waals surface area contributed by atoms with Gasteiger partial charge in [0.2, 0.25) is 0 Å². The number of aromatic nitrogens is 1. The average Bonchev–Trinajstić information content (AvgIpc) is 2.28. The standard InChI is InChI=1S/C13H11FN2/c1-3-9-10(14)6-5-8-7-12(15)16-11(4-2)13(8)9/h1,5-7H,4H2,2H3,(H2,15,16). The number of nitrogens with two attached hydrogens (primary N) is 1. The summed E-state index contributed by atoms with van der Waals surface area (Å²) in [5, 5.41) is 1.53. The summed E-state index contributed by atoms with van der Waals surface area (Å²) in [7, 11) is 0. The van der Waals surface area contributed by atoms with Gasteiger partial charge < -0.3 is 5.73 Å². The molecule has 0 radical (unpaired) electrons. The van der Waals surface area contributed by atoms with Crippen LogP contribution in [0.25, 0.3) is 10.8 Å². The van der Waals surface area contributed by atoms with Crippen LogP contribution in [0, 0.1) is 18.2 Å². The molecule has 1 heterocycles. The molecule has 2 rings (SSSR count). The molecule has 0 saturated heterocycles. The Morgan fingerprint density at radius 1 is 1.50 bits per heavy atom. The van der Waals surface area contributed by atoms with Gasteiger partial charge in [-0.05, 0) is 23.9 Å². The summed E-state index contributed by atoms with van der Waals surface area (Å²) in [5.41, 5.74) is 6.68. The van der Waals surface area contributed by atoms with E-state index in [9.17, 15) is 4.39 Å². The van der Waals surface area contributed by atoms with E-state index in [2.05, 4.69) is 10.9 Å². The van der Waals surface area contributed by atoms with Crippen molar-refractivity contribution in [1.29, 1.82) is 0 Å². The number of fused-ring (bicyclic) bond motifs is 1. The Kier molecular flexibility index (Phi) is 2.49. The SMILES string of the molecule is C#Cc1c(F)ccc2cc(N)nc(CC)c12. The molecule has 0 aliphatic heterocycles. The molecule has 2 aromatic rings. The van der Waals surface area contributed by atoms with Crippen molar-refractivity contribution in [1.82, 2.24) is 4.98 Å². The molecule has 1 aromatic heterocycles. The summed E-state index contributed by atoms with van der Waals surface area (Å²) in [5.74, 6) is 2.41. The number of anilines is 1. The zero-order valence-corrected chi connectivity index (χ0v) is 8.92. The fraction of sp³-hybridized carbons (Fsp3) is 0.154. The summed E-state index contributed by atoms with van der Waals surface area (Å²) in [6.07, 6.45) is 6.00. The summed E-state index contributed by atoms with van der Waals surface area (Å²) in [6, 6.07) is 4.73. The van der Waals surface area contributed by atoms with Gasteiger partial charge in [0, 0.05) is 5.39 Å². The predicted octanol–water partition coefficient (Wildman–Crippen LogP) is 2.50. The van der Waals surface area contributed by atoms with Gasteiger partial charge in [-0.25, -0.2) is 9.37 Å². The van der Waals surface area contributed by atoms with Gasteiger partial charge in [-0.15, -0.1) is 6.42 Å². The molecule has 0 fully saturated rings. The van der Waals surface area contributed by atoms with E-state index >= 15 is 0 Å². The lowest BCUT2D eigenvalue weighted by atomic mass is 10.0. The largest absolute Gasteiger partial charge is 0.384 e. The van der Waals surface area contributed by atoms with E-state index in [1.165, 1.54) is 6.07 Å². The van der Waals surface area contributed by atoms with Crippen LogP contribution in [0.2, 0.25) is 0 Å². The maximum atomic E-state index is 13.5. The maximum Gasteiger partial charge on any atom is 0.139 e. The van der Waals surface area contributed by atoms with Crippen molar-refractivity contribution in [2.75, 3.05) is 5.73 Å². The van der Waals surface area contributed by atoms with E-state index in [0.717, 1.165) is 11.1 Å². The minimum absolute atomic E-state index is 0.266. The minimum atomic E-state index is -0.392. The molecule has 0 unspecified atom stereocenters. The Morgan fingerprint density at radius 2 is 2.25 bits per heavy atom. The number of nitrogens with zero attached hydrogens (tertiary/aromatic N) is 1. The lowest BCUT2D eigenvalue weighted by molar-refractivity contribution is 0.626. The number of halogens is 1. The van der Waals surface area contributed by atoms with Gasteiger partial charge in [0.1, 0.15) is 11.6 Å². The first-order chi connectivity index (χ1) is 7.67. The number of rotatable bonds is 1. The Morgan fingerprint density at radius 3 is 2.88 bits per heavy atom. The van der Waals surface area contributed by atoms with Gasteiger partial charge in [0.05, 0.1) is 11.3 Å². The molecular weight excluding hydrogens is 203 g/mol. The second-order valence-electron chi connectivity index (χ2n) is 3.51. The van der Waals surface area contributed by atoms with Crippen molar-refractivity contribution in [3.8, 4) is 12.3 Å². The normalized spacial score (nSPS) is 10.3. The summed E-state index contributed by atoms with van der Waals surface area (Å²) in [4.78, 5) is 4.19. The first-order valence-electron chi connectivity index (χ1n) is 5.01. The molecule has 0 amide bonds. The van der Waals surface area contributed by atoms with E-state index in [4.69, 9.17) is 12.2 Å². The number of hydrogen-bond donors (Lipinski definition) is 1. The van der Waals surface area contributed by atoms with Crippen LogP contribution in [0.1, 0.15) is 18.2 Å². The van der Waals surface area contributed by atoms with Gasteiger partial charge in [-0.1, -0.05) is 18.9 Å². The summed E-state index contributed by atoms with van der Waals surface area (Å²) < 4.78 is 13.5. The molecule has 3 heteroatoms. The molecule has 0 saturated carbocycles. The highest BCUT2D eigenvalue weighted by atomic mass is 19.1. The van der Waals surface area contributed by atoms with Crippen LogP contribution in [0.3, 0.4) is 0 Å². The van der Waals surface area contributed by atoms with Gasteiger partial charge >= 0.3 is 0 Å². The molecule has 0 spiro atoms. The zero-order chi connectivity index (χ0) is 11.7. The van der Waals surface area contributed by atoms with Gasteiger partial charge in [0.25, 0.3) is 0 Å². The quantitative estimate of drug-likeness (QED) is 0.741. The van der Waals surface area contributed by atoms with E-state index in [1.54, 1.807) is 12.1 Å². The molecule has 2 nitrogen and oxygen atoms in total. The Labute approximate surface area is 93.3 Å². The van der Waals surface area contributed by atoms with Gasteiger partial charge in [0.15, 0.2) is 0 Å². The van der Waals surface area contributed by atoms with Crippen LogP contribution in [0.4, 0.5) is 10.2 Å². The van der Waals surface area contributed by atoms with Crippen molar-refractivity contribution >= 4 is 16.6 Å². The van der Waals surface area contributed by atoms with Gasteiger partial charge in [-0.3, -0.25) is 0 Å². The number of pyridine rings is 1. The first-order valence-corrected chi connectivity index (χ1v) is 5.01. The van der Waals surface area contributed by atoms with Crippen LogP contribution in [0.5, 0.6) is 0 Å². The van der Waals surface area contributed by atoms with E-state index < -0.39 is 5.82 Å². The molecule has 1 aromatic carbocycles. The first kappa shape index (κ1) is 10.4. The predicted molar refractivity (Wildman–Crippen MR) is 63.4 cm³/mol. The van der Waals surface area contributed by atoms with Crippen LogP contribution in [0.15, 0.2) is 18.2 Å². The van der Waals surface area contributed by atoms with Crippen molar-refractivity contribution in [3.63, 3.8) is 0 Å². The lowest BCUT2D eigenvalue weighted by Crippen LogP contribution is -1.99. The molecule has 16 heavy (non-hydrogen) atoms. The molecule has 0 aliphatic rings. The van der Waals surface area contributed by atoms with Crippen LogP contribution >= 0.6 is 0 Å². The Bertz CT molecular complexity index is 597. The monoisotopic (exact) mass is 214 g/mol.